The number of rotatable bonds is 1. The zero-order valence-electron chi connectivity index (χ0n) is 13.7. The highest BCUT2D eigenvalue weighted by atomic mass is 35.5. The Bertz CT molecular complexity index is 723. The Kier molecular flexibility index (Phi) is 4.09. The van der Waals surface area contributed by atoms with Crippen LogP contribution in [0.15, 0.2) is 30.3 Å². The van der Waals surface area contributed by atoms with Crippen LogP contribution in [-0.4, -0.2) is 0 Å². The number of fused-ring (bicyclic) bond motifs is 2. The number of hydrogen-bond acceptors (Lipinski definition) is 0. The third-order valence-corrected chi connectivity index (χ3v) is 6.54. The standard InChI is InChI=1S/C21H24ClF/c1-13-2-3-15-9-16(5-4-14(15)8-13)17-6-7-18-11-20(22)21(23)12-19(18)10-17/h6-7,10-16H,2-5,8-9H2,1H3/t13-,14?,15-,16?/m1/s1. The minimum absolute atomic E-state index is 0.210. The van der Waals surface area contributed by atoms with Crippen LogP contribution in [-0.2, 0) is 0 Å². The topological polar surface area (TPSA) is 0 Å². The summed E-state index contributed by atoms with van der Waals surface area (Å²) in [4.78, 5) is 0. The van der Waals surface area contributed by atoms with E-state index in [-0.39, 0.29) is 10.8 Å². The summed E-state index contributed by atoms with van der Waals surface area (Å²) < 4.78 is 13.7. The molecule has 122 valence electrons. The van der Waals surface area contributed by atoms with Crippen LogP contribution in [0, 0.1) is 23.6 Å². The molecule has 2 aromatic carbocycles. The molecule has 2 fully saturated rings. The van der Waals surface area contributed by atoms with Crippen molar-refractivity contribution >= 4 is 22.4 Å². The van der Waals surface area contributed by atoms with Crippen LogP contribution in [0.25, 0.3) is 10.8 Å². The van der Waals surface area contributed by atoms with Crippen molar-refractivity contribution < 1.29 is 4.39 Å². The Labute approximate surface area is 143 Å². The van der Waals surface area contributed by atoms with Crippen molar-refractivity contribution in [2.45, 2.75) is 51.4 Å². The fourth-order valence-corrected chi connectivity index (χ4v) is 5.11. The van der Waals surface area contributed by atoms with Crippen LogP contribution in [0.1, 0.15) is 56.9 Å². The molecular weight excluding hydrogens is 307 g/mol. The van der Waals surface area contributed by atoms with Crippen molar-refractivity contribution in [3.05, 3.63) is 46.7 Å². The lowest BCUT2D eigenvalue weighted by molar-refractivity contribution is 0.124. The van der Waals surface area contributed by atoms with E-state index in [2.05, 4.69) is 25.1 Å². The van der Waals surface area contributed by atoms with Gasteiger partial charge in [-0.15, -0.1) is 0 Å². The lowest BCUT2D eigenvalue weighted by atomic mass is 9.64. The zero-order valence-corrected chi connectivity index (χ0v) is 14.5. The Hall–Kier alpha value is -1.08. The van der Waals surface area contributed by atoms with Crippen molar-refractivity contribution in [1.82, 2.24) is 0 Å². The molecule has 4 atom stereocenters. The normalized spacial score (nSPS) is 31.1. The van der Waals surface area contributed by atoms with Crippen LogP contribution in [0.4, 0.5) is 4.39 Å². The van der Waals surface area contributed by atoms with Crippen molar-refractivity contribution in [2.24, 2.45) is 17.8 Å². The average Bonchev–Trinajstić information content (AvgIpc) is 2.55. The highest BCUT2D eigenvalue weighted by Crippen LogP contribution is 2.47. The fourth-order valence-electron chi connectivity index (χ4n) is 4.94. The second kappa shape index (κ2) is 6.09. The minimum atomic E-state index is -0.318. The second-order valence-electron chi connectivity index (χ2n) is 7.82. The molecule has 2 heteroatoms. The van der Waals surface area contributed by atoms with E-state index in [1.807, 2.05) is 0 Å². The maximum absolute atomic E-state index is 13.7. The smallest absolute Gasteiger partial charge is 0.142 e. The van der Waals surface area contributed by atoms with E-state index in [1.54, 1.807) is 12.1 Å². The molecule has 0 radical (unpaired) electrons. The van der Waals surface area contributed by atoms with E-state index < -0.39 is 0 Å². The molecule has 0 N–H and O–H groups in total. The van der Waals surface area contributed by atoms with E-state index in [1.165, 1.54) is 44.1 Å². The van der Waals surface area contributed by atoms with E-state index in [4.69, 9.17) is 11.6 Å². The molecule has 0 aromatic heterocycles. The maximum atomic E-state index is 13.7. The summed E-state index contributed by atoms with van der Waals surface area (Å²) in [6, 6.07) is 9.83. The van der Waals surface area contributed by atoms with Gasteiger partial charge in [-0.1, -0.05) is 43.1 Å². The Balaban J connectivity index is 1.58. The number of hydrogen-bond donors (Lipinski definition) is 0. The molecule has 0 heterocycles. The summed E-state index contributed by atoms with van der Waals surface area (Å²) in [5.74, 6) is 3.10. The van der Waals surface area contributed by atoms with Crippen molar-refractivity contribution in [2.75, 3.05) is 0 Å². The Morgan fingerprint density at radius 2 is 1.70 bits per heavy atom. The lowest BCUT2D eigenvalue weighted by Crippen LogP contribution is -2.29. The van der Waals surface area contributed by atoms with Crippen molar-refractivity contribution in [3.8, 4) is 0 Å². The van der Waals surface area contributed by atoms with Gasteiger partial charge in [0.15, 0.2) is 0 Å². The molecule has 0 amide bonds. The first-order chi connectivity index (χ1) is 11.1. The lowest BCUT2D eigenvalue weighted by Gasteiger charge is -2.41. The largest absolute Gasteiger partial charge is 0.205 e. The molecule has 2 aliphatic carbocycles. The van der Waals surface area contributed by atoms with Gasteiger partial charge in [-0.3, -0.25) is 0 Å². The summed E-state index contributed by atoms with van der Waals surface area (Å²) >= 11 is 5.89. The van der Waals surface area contributed by atoms with E-state index in [9.17, 15) is 4.39 Å². The quantitative estimate of drug-likeness (QED) is 0.530. The van der Waals surface area contributed by atoms with Gasteiger partial charge >= 0.3 is 0 Å². The predicted molar refractivity (Wildman–Crippen MR) is 95.5 cm³/mol. The molecule has 0 aliphatic heterocycles. The van der Waals surface area contributed by atoms with Crippen molar-refractivity contribution in [1.29, 1.82) is 0 Å². The van der Waals surface area contributed by atoms with Gasteiger partial charge in [0.2, 0.25) is 0 Å². The van der Waals surface area contributed by atoms with Gasteiger partial charge in [-0.2, -0.15) is 0 Å². The van der Waals surface area contributed by atoms with Crippen LogP contribution in [0.2, 0.25) is 5.02 Å². The summed E-state index contributed by atoms with van der Waals surface area (Å²) in [5, 5.41) is 2.21. The molecule has 0 spiro atoms. The monoisotopic (exact) mass is 330 g/mol. The summed E-state index contributed by atoms with van der Waals surface area (Å²) in [5.41, 5.74) is 1.39. The molecule has 2 aromatic rings. The van der Waals surface area contributed by atoms with Crippen LogP contribution >= 0.6 is 11.6 Å². The molecule has 2 saturated carbocycles. The van der Waals surface area contributed by atoms with Gasteiger partial charge in [-0.05, 0) is 84.2 Å². The van der Waals surface area contributed by atoms with E-state index >= 15 is 0 Å². The maximum Gasteiger partial charge on any atom is 0.142 e. The van der Waals surface area contributed by atoms with Crippen LogP contribution in [0.5, 0.6) is 0 Å². The second-order valence-corrected chi connectivity index (χ2v) is 8.23. The van der Waals surface area contributed by atoms with Gasteiger partial charge in [0.1, 0.15) is 5.82 Å². The molecule has 2 aliphatic rings. The first-order valence-electron chi connectivity index (χ1n) is 8.99. The molecular formula is C21H24ClF. The minimum Gasteiger partial charge on any atom is -0.205 e. The predicted octanol–water partition coefficient (Wildman–Crippen LogP) is 6.95. The summed E-state index contributed by atoms with van der Waals surface area (Å²) in [6.07, 6.45) is 8.20. The molecule has 0 bridgehead atoms. The SMILES string of the molecule is C[C@@H]1CC[C@@H]2CC(c3ccc4cc(Cl)c(F)cc4c3)CCC2C1. The summed E-state index contributed by atoms with van der Waals surface area (Å²) in [6.45, 7) is 2.41. The van der Waals surface area contributed by atoms with Crippen LogP contribution in [0.3, 0.4) is 0 Å². The molecule has 2 unspecified atom stereocenters. The zero-order chi connectivity index (χ0) is 16.0. The fraction of sp³-hybridized carbons (Fsp3) is 0.524. The molecule has 0 saturated heterocycles. The number of halogens is 2. The van der Waals surface area contributed by atoms with Gasteiger partial charge in [0.05, 0.1) is 5.02 Å². The van der Waals surface area contributed by atoms with E-state index in [0.29, 0.717) is 5.92 Å². The molecule has 4 rings (SSSR count). The third kappa shape index (κ3) is 3.01. The Morgan fingerprint density at radius 1 is 0.913 bits per heavy atom. The molecule has 23 heavy (non-hydrogen) atoms. The first kappa shape index (κ1) is 15.4. The highest BCUT2D eigenvalue weighted by molar-refractivity contribution is 6.31. The summed E-state index contributed by atoms with van der Waals surface area (Å²) in [7, 11) is 0. The van der Waals surface area contributed by atoms with Crippen molar-refractivity contribution in [3.63, 3.8) is 0 Å². The van der Waals surface area contributed by atoms with Gasteiger partial charge < -0.3 is 0 Å². The van der Waals surface area contributed by atoms with Gasteiger partial charge in [-0.25, -0.2) is 4.39 Å². The average molecular weight is 331 g/mol. The molecule has 0 nitrogen and oxygen atoms in total. The third-order valence-electron chi connectivity index (χ3n) is 6.25. The van der Waals surface area contributed by atoms with Gasteiger partial charge in [0, 0.05) is 0 Å². The number of benzene rings is 2. The van der Waals surface area contributed by atoms with Gasteiger partial charge in [0.25, 0.3) is 0 Å². The van der Waals surface area contributed by atoms with Crippen LogP contribution < -0.4 is 0 Å². The highest BCUT2D eigenvalue weighted by Gasteiger charge is 2.34. The Morgan fingerprint density at radius 3 is 2.57 bits per heavy atom. The first-order valence-corrected chi connectivity index (χ1v) is 9.36. The van der Waals surface area contributed by atoms with E-state index in [0.717, 1.165) is 28.5 Å².